The fraction of sp³-hybridized carbons (Fsp3) is 0.917. The zero-order valence-electron chi connectivity index (χ0n) is 19.4. The van der Waals surface area contributed by atoms with Crippen molar-refractivity contribution >= 4 is 11.9 Å². The maximum atomic E-state index is 11.9. The molecule has 0 aliphatic rings. The zero-order valence-corrected chi connectivity index (χ0v) is 19.4. The second-order valence-electron chi connectivity index (χ2n) is 8.28. The van der Waals surface area contributed by atoms with Crippen LogP contribution >= 0.6 is 0 Å². The second kappa shape index (κ2) is 22.5. The molecule has 0 atom stereocenters. The lowest BCUT2D eigenvalue weighted by atomic mass is 10.1. The smallest absolute Gasteiger partial charge is 0.305 e. The highest BCUT2D eigenvalue weighted by molar-refractivity contribution is 5.69. The molecule has 0 fully saturated rings. The summed E-state index contributed by atoms with van der Waals surface area (Å²) in [7, 11) is 0. The number of carbonyl (C=O) groups excluding carboxylic acids is 1. The lowest BCUT2D eigenvalue weighted by Crippen LogP contribution is -2.29. The minimum Gasteiger partial charge on any atom is -0.481 e. The van der Waals surface area contributed by atoms with Crippen LogP contribution in [0.25, 0.3) is 0 Å². The molecule has 0 heterocycles. The highest BCUT2D eigenvalue weighted by Gasteiger charge is 2.07. The number of unbranched alkanes of at least 4 members (excludes halogenated alkanes) is 11. The van der Waals surface area contributed by atoms with Crippen molar-refractivity contribution in [1.29, 1.82) is 0 Å². The van der Waals surface area contributed by atoms with Crippen molar-refractivity contribution in [3.63, 3.8) is 0 Å². The van der Waals surface area contributed by atoms with Crippen LogP contribution < -0.4 is 0 Å². The van der Waals surface area contributed by atoms with E-state index in [1.807, 2.05) is 0 Å². The molecule has 0 unspecified atom stereocenters. The average molecular weight is 430 g/mol. The minimum atomic E-state index is -0.722. The summed E-state index contributed by atoms with van der Waals surface area (Å²) in [6.07, 6.45) is 16.2. The van der Waals surface area contributed by atoms with Gasteiger partial charge in [0.15, 0.2) is 0 Å². The van der Waals surface area contributed by atoms with Crippen LogP contribution in [0.2, 0.25) is 0 Å². The standard InChI is InChI=1S/C24H47NO5/c1-2-3-4-5-6-7-11-14-22-30-24(29)17-15-19-25(20-21-26)18-13-10-8-9-12-16-23(27)28/h26H,2-22H2,1H3,(H,27,28). The molecule has 6 nitrogen and oxygen atoms in total. The van der Waals surface area contributed by atoms with Crippen LogP contribution in [0.15, 0.2) is 0 Å². The summed E-state index contributed by atoms with van der Waals surface area (Å²) in [5.41, 5.74) is 0. The second-order valence-corrected chi connectivity index (χ2v) is 8.28. The van der Waals surface area contributed by atoms with E-state index in [4.69, 9.17) is 9.84 Å². The lowest BCUT2D eigenvalue weighted by Gasteiger charge is -2.21. The molecule has 0 amide bonds. The van der Waals surface area contributed by atoms with Gasteiger partial charge in [-0.2, -0.15) is 0 Å². The van der Waals surface area contributed by atoms with Crippen molar-refractivity contribution in [2.45, 2.75) is 110 Å². The summed E-state index contributed by atoms with van der Waals surface area (Å²) in [6.45, 7) is 5.23. The van der Waals surface area contributed by atoms with Gasteiger partial charge in [0, 0.05) is 19.4 Å². The van der Waals surface area contributed by atoms with Crippen molar-refractivity contribution in [2.24, 2.45) is 0 Å². The molecule has 0 radical (unpaired) electrons. The number of aliphatic hydroxyl groups is 1. The number of aliphatic carboxylic acids is 1. The van der Waals surface area contributed by atoms with Crippen molar-refractivity contribution < 1.29 is 24.5 Å². The van der Waals surface area contributed by atoms with E-state index in [1.165, 1.54) is 38.5 Å². The largest absolute Gasteiger partial charge is 0.481 e. The van der Waals surface area contributed by atoms with Crippen LogP contribution in [0.5, 0.6) is 0 Å². The van der Waals surface area contributed by atoms with E-state index in [0.29, 0.717) is 19.6 Å². The van der Waals surface area contributed by atoms with Crippen LogP contribution in [0, 0.1) is 0 Å². The number of rotatable bonds is 23. The Morgan fingerprint density at radius 2 is 1.27 bits per heavy atom. The van der Waals surface area contributed by atoms with Crippen molar-refractivity contribution in [2.75, 3.05) is 32.8 Å². The molecule has 0 bridgehead atoms. The molecular formula is C24H47NO5. The Morgan fingerprint density at radius 1 is 0.700 bits per heavy atom. The summed E-state index contributed by atoms with van der Waals surface area (Å²) in [5.74, 6) is -0.833. The molecular weight excluding hydrogens is 382 g/mol. The Morgan fingerprint density at radius 3 is 1.90 bits per heavy atom. The van der Waals surface area contributed by atoms with E-state index in [1.54, 1.807) is 0 Å². The van der Waals surface area contributed by atoms with Gasteiger partial charge in [0.1, 0.15) is 0 Å². The predicted molar refractivity (Wildman–Crippen MR) is 122 cm³/mol. The number of carbonyl (C=O) groups is 2. The van der Waals surface area contributed by atoms with Gasteiger partial charge in [-0.3, -0.25) is 9.59 Å². The lowest BCUT2D eigenvalue weighted by molar-refractivity contribution is -0.144. The quantitative estimate of drug-likeness (QED) is 0.172. The highest BCUT2D eigenvalue weighted by Crippen LogP contribution is 2.09. The fourth-order valence-electron chi connectivity index (χ4n) is 3.56. The van der Waals surface area contributed by atoms with Gasteiger partial charge >= 0.3 is 11.9 Å². The van der Waals surface area contributed by atoms with Crippen LogP contribution in [0.4, 0.5) is 0 Å². The number of hydrogen-bond donors (Lipinski definition) is 2. The Bertz CT molecular complexity index is 403. The van der Waals surface area contributed by atoms with Gasteiger partial charge in [-0.25, -0.2) is 0 Å². The van der Waals surface area contributed by atoms with Gasteiger partial charge in [-0.15, -0.1) is 0 Å². The van der Waals surface area contributed by atoms with E-state index < -0.39 is 5.97 Å². The summed E-state index contributed by atoms with van der Waals surface area (Å²) >= 11 is 0. The van der Waals surface area contributed by atoms with E-state index in [-0.39, 0.29) is 19.0 Å². The molecule has 0 saturated heterocycles. The first-order valence-electron chi connectivity index (χ1n) is 12.3. The number of ether oxygens (including phenoxy) is 1. The van der Waals surface area contributed by atoms with E-state index in [2.05, 4.69) is 11.8 Å². The third-order valence-electron chi connectivity index (χ3n) is 5.40. The normalized spacial score (nSPS) is 11.2. The molecule has 30 heavy (non-hydrogen) atoms. The summed E-state index contributed by atoms with van der Waals surface area (Å²) in [5, 5.41) is 17.8. The Hall–Kier alpha value is -1.14. The van der Waals surface area contributed by atoms with Crippen molar-refractivity contribution in [3.8, 4) is 0 Å². The molecule has 0 saturated carbocycles. The van der Waals surface area contributed by atoms with Crippen molar-refractivity contribution in [3.05, 3.63) is 0 Å². The van der Waals surface area contributed by atoms with Gasteiger partial charge in [-0.05, 0) is 38.8 Å². The van der Waals surface area contributed by atoms with Crippen molar-refractivity contribution in [1.82, 2.24) is 4.90 Å². The number of aliphatic hydroxyl groups excluding tert-OH is 1. The highest BCUT2D eigenvalue weighted by atomic mass is 16.5. The Kier molecular flexibility index (Phi) is 21.7. The molecule has 0 aromatic carbocycles. The van der Waals surface area contributed by atoms with Crippen LogP contribution in [-0.2, 0) is 14.3 Å². The summed E-state index contributed by atoms with van der Waals surface area (Å²) in [4.78, 5) is 24.5. The van der Waals surface area contributed by atoms with Gasteiger partial charge in [0.05, 0.1) is 13.2 Å². The van der Waals surface area contributed by atoms with Gasteiger partial charge in [0.2, 0.25) is 0 Å². The van der Waals surface area contributed by atoms with E-state index in [0.717, 1.165) is 64.5 Å². The van der Waals surface area contributed by atoms with Crippen LogP contribution in [0.1, 0.15) is 110 Å². The number of esters is 1. The topological polar surface area (TPSA) is 87.1 Å². The first-order chi connectivity index (χ1) is 14.6. The Labute approximate surface area is 184 Å². The van der Waals surface area contributed by atoms with E-state index in [9.17, 15) is 14.7 Å². The van der Waals surface area contributed by atoms with Crippen LogP contribution in [-0.4, -0.2) is 59.9 Å². The maximum Gasteiger partial charge on any atom is 0.305 e. The zero-order chi connectivity index (χ0) is 22.3. The van der Waals surface area contributed by atoms with Gasteiger partial charge < -0.3 is 19.8 Å². The minimum absolute atomic E-state index is 0.111. The maximum absolute atomic E-state index is 11.9. The predicted octanol–water partition coefficient (Wildman–Crippen LogP) is 5.17. The third kappa shape index (κ3) is 21.6. The molecule has 6 heteroatoms. The first kappa shape index (κ1) is 28.9. The molecule has 178 valence electrons. The fourth-order valence-corrected chi connectivity index (χ4v) is 3.56. The molecule has 0 aliphatic heterocycles. The van der Waals surface area contributed by atoms with Gasteiger partial charge in [-0.1, -0.05) is 71.1 Å². The molecule has 0 aromatic rings. The number of carboxylic acids is 1. The molecule has 2 N–H and O–H groups in total. The number of hydrogen-bond acceptors (Lipinski definition) is 5. The van der Waals surface area contributed by atoms with E-state index >= 15 is 0 Å². The number of carboxylic acid groups (broad SMARTS) is 1. The first-order valence-corrected chi connectivity index (χ1v) is 12.3. The summed E-state index contributed by atoms with van der Waals surface area (Å²) < 4.78 is 5.33. The van der Waals surface area contributed by atoms with Gasteiger partial charge in [0.25, 0.3) is 0 Å². The molecule has 0 aliphatic carbocycles. The molecule has 0 spiro atoms. The molecule has 0 aromatic heterocycles. The SMILES string of the molecule is CCCCCCCCCCOC(=O)CCCN(CCO)CCCCCCCC(=O)O. The third-order valence-corrected chi connectivity index (χ3v) is 5.40. The monoisotopic (exact) mass is 429 g/mol. The Balaban J connectivity index is 3.59. The van der Waals surface area contributed by atoms with Crippen LogP contribution in [0.3, 0.4) is 0 Å². The average Bonchev–Trinajstić information content (AvgIpc) is 2.71. The summed E-state index contributed by atoms with van der Waals surface area (Å²) in [6, 6.07) is 0. The molecule has 0 rings (SSSR count). The number of nitrogens with zero attached hydrogens (tertiary/aromatic N) is 1.